The Labute approximate surface area is 110 Å². The molecule has 0 unspecified atom stereocenters. The van der Waals surface area contributed by atoms with E-state index in [1.54, 1.807) is 0 Å². The van der Waals surface area contributed by atoms with Crippen molar-refractivity contribution in [1.29, 1.82) is 0 Å². The first-order valence-electron chi connectivity index (χ1n) is 7.66. The van der Waals surface area contributed by atoms with Gasteiger partial charge in [-0.15, -0.1) is 0 Å². The monoisotopic (exact) mass is 247 g/mol. The second-order valence-electron chi connectivity index (χ2n) is 6.04. The number of hydrogen-bond donors (Lipinski definition) is 1. The number of imidazole rings is 1. The summed E-state index contributed by atoms with van der Waals surface area (Å²) in [5, 5.41) is 3.55. The lowest BCUT2D eigenvalue weighted by molar-refractivity contribution is 0.264. The Morgan fingerprint density at radius 1 is 1.22 bits per heavy atom. The van der Waals surface area contributed by atoms with Gasteiger partial charge in [-0.3, -0.25) is 0 Å². The second-order valence-corrected chi connectivity index (χ2v) is 6.04. The van der Waals surface area contributed by atoms with Crippen LogP contribution in [0.2, 0.25) is 0 Å². The molecule has 0 saturated heterocycles. The van der Waals surface area contributed by atoms with Crippen molar-refractivity contribution in [2.24, 2.45) is 5.92 Å². The maximum absolute atomic E-state index is 4.48. The highest BCUT2D eigenvalue weighted by molar-refractivity contribution is 5.30. The highest BCUT2D eigenvalue weighted by atomic mass is 15.2. The van der Waals surface area contributed by atoms with Crippen molar-refractivity contribution in [2.45, 2.75) is 70.4 Å². The Balaban J connectivity index is 1.59. The van der Waals surface area contributed by atoms with Gasteiger partial charge in [-0.05, 0) is 44.4 Å². The van der Waals surface area contributed by atoms with E-state index in [2.05, 4.69) is 28.0 Å². The van der Waals surface area contributed by atoms with Gasteiger partial charge in [-0.25, -0.2) is 4.98 Å². The maximum atomic E-state index is 4.48. The molecule has 1 heterocycles. The second kappa shape index (κ2) is 5.33. The van der Waals surface area contributed by atoms with Crippen LogP contribution in [0.25, 0.3) is 0 Å². The SMILES string of the molecule is CCCC1CCC(n2ccnc2NC2CC2)CC1. The molecule has 2 saturated carbocycles. The number of anilines is 1. The van der Waals surface area contributed by atoms with Crippen LogP contribution in [0.1, 0.15) is 64.3 Å². The molecule has 2 aliphatic carbocycles. The molecule has 0 aromatic carbocycles. The van der Waals surface area contributed by atoms with Crippen molar-refractivity contribution in [1.82, 2.24) is 9.55 Å². The van der Waals surface area contributed by atoms with Crippen LogP contribution in [0.15, 0.2) is 12.4 Å². The Hall–Kier alpha value is -0.990. The molecule has 0 spiro atoms. The minimum atomic E-state index is 0.682. The Morgan fingerprint density at radius 2 is 2.00 bits per heavy atom. The van der Waals surface area contributed by atoms with Gasteiger partial charge in [0.05, 0.1) is 0 Å². The third kappa shape index (κ3) is 2.70. The number of rotatable bonds is 5. The Bertz CT molecular complexity index is 373. The zero-order valence-electron chi connectivity index (χ0n) is 11.4. The van der Waals surface area contributed by atoms with Gasteiger partial charge in [0.2, 0.25) is 5.95 Å². The van der Waals surface area contributed by atoms with E-state index in [1.807, 2.05) is 6.20 Å². The van der Waals surface area contributed by atoms with Gasteiger partial charge in [0.25, 0.3) is 0 Å². The first kappa shape index (κ1) is 12.1. The summed E-state index contributed by atoms with van der Waals surface area (Å²) in [6.45, 7) is 2.31. The molecule has 1 aromatic rings. The minimum Gasteiger partial charge on any atom is -0.353 e. The number of hydrogen-bond acceptors (Lipinski definition) is 2. The van der Waals surface area contributed by atoms with E-state index in [1.165, 1.54) is 51.4 Å². The third-order valence-electron chi connectivity index (χ3n) is 4.49. The fraction of sp³-hybridized carbons (Fsp3) is 0.800. The molecule has 1 N–H and O–H groups in total. The minimum absolute atomic E-state index is 0.682. The lowest BCUT2D eigenvalue weighted by atomic mass is 9.83. The number of nitrogens with one attached hydrogen (secondary N) is 1. The van der Waals surface area contributed by atoms with Gasteiger partial charge < -0.3 is 9.88 Å². The molecule has 18 heavy (non-hydrogen) atoms. The molecule has 0 radical (unpaired) electrons. The van der Waals surface area contributed by atoms with Crippen molar-refractivity contribution in [3.63, 3.8) is 0 Å². The van der Waals surface area contributed by atoms with Gasteiger partial charge in [0, 0.05) is 24.5 Å². The number of nitrogens with zero attached hydrogens (tertiary/aromatic N) is 2. The summed E-state index contributed by atoms with van der Waals surface area (Å²) < 4.78 is 2.39. The van der Waals surface area contributed by atoms with E-state index in [4.69, 9.17) is 0 Å². The van der Waals surface area contributed by atoms with E-state index in [9.17, 15) is 0 Å². The van der Waals surface area contributed by atoms with Gasteiger partial charge in [-0.2, -0.15) is 0 Å². The van der Waals surface area contributed by atoms with Crippen molar-refractivity contribution in [3.8, 4) is 0 Å². The van der Waals surface area contributed by atoms with Crippen LogP contribution in [0, 0.1) is 5.92 Å². The zero-order chi connectivity index (χ0) is 12.4. The molecule has 3 heteroatoms. The van der Waals surface area contributed by atoms with Crippen molar-refractivity contribution < 1.29 is 0 Å². The summed E-state index contributed by atoms with van der Waals surface area (Å²) >= 11 is 0. The summed E-state index contributed by atoms with van der Waals surface area (Å²) in [6, 6.07) is 1.38. The molecule has 0 bridgehead atoms. The highest BCUT2D eigenvalue weighted by Gasteiger charge is 2.26. The van der Waals surface area contributed by atoms with Crippen LogP contribution in [0.3, 0.4) is 0 Å². The standard InChI is InChI=1S/C15H25N3/c1-2-3-12-4-8-14(9-5-12)18-11-10-16-15(18)17-13-6-7-13/h10-14H,2-9H2,1H3,(H,16,17). The molecule has 0 aliphatic heterocycles. The van der Waals surface area contributed by atoms with Crippen molar-refractivity contribution >= 4 is 5.95 Å². The molecule has 2 fully saturated rings. The molecule has 100 valence electrons. The maximum Gasteiger partial charge on any atom is 0.203 e. The molecule has 1 aromatic heterocycles. The van der Waals surface area contributed by atoms with Crippen LogP contribution < -0.4 is 5.32 Å². The average molecular weight is 247 g/mol. The van der Waals surface area contributed by atoms with Crippen molar-refractivity contribution in [2.75, 3.05) is 5.32 Å². The first-order valence-corrected chi connectivity index (χ1v) is 7.66. The zero-order valence-corrected chi connectivity index (χ0v) is 11.4. The fourth-order valence-electron chi connectivity index (χ4n) is 3.25. The van der Waals surface area contributed by atoms with Crippen LogP contribution in [0.5, 0.6) is 0 Å². The van der Waals surface area contributed by atoms with E-state index < -0.39 is 0 Å². The average Bonchev–Trinajstić information content (AvgIpc) is 3.08. The molecular formula is C15H25N3. The van der Waals surface area contributed by atoms with E-state index in [-0.39, 0.29) is 0 Å². The van der Waals surface area contributed by atoms with Gasteiger partial charge >= 0.3 is 0 Å². The summed E-state index contributed by atoms with van der Waals surface area (Å²) in [7, 11) is 0. The van der Waals surface area contributed by atoms with E-state index >= 15 is 0 Å². The molecule has 3 nitrogen and oxygen atoms in total. The van der Waals surface area contributed by atoms with E-state index in [0.29, 0.717) is 12.1 Å². The molecular weight excluding hydrogens is 222 g/mol. The third-order valence-corrected chi connectivity index (χ3v) is 4.49. The highest BCUT2D eigenvalue weighted by Crippen LogP contribution is 2.36. The lowest BCUT2D eigenvalue weighted by Gasteiger charge is -2.30. The molecule has 0 atom stereocenters. The van der Waals surface area contributed by atoms with Crippen LogP contribution in [-0.2, 0) is 0 Å². The van der Waals surface area contributed by atoms with Crippen LogP contribution >= 0.6 is 0 Å². The topological polar surface area (TPSA) is 29.9 Å². The Morgan fingerprint density at radius 3 is 2.67 bits per heavy atom. The van der Waals surface area contributed by atoms with Crippen molar-refractivity contribution in [3.05, 3.63) is 12.4 Å². The summed E-state index contributed by atoms with van der Waals surface area (Å²) in [4.78, 5) is 4.48. The summed E-state index contributed by atoms with van der Waals surface area (Å²) in [5.74, 6) is 2.09. The van der Waals surface area contributed by atoms with Gasteiger partial charge in [-0.1, -0.05) is 19.8 Å². The molecule has 0 amide bonds. The van der Waals surface area contributed by atoms with Crippen LogP contribution in [-0.4, -0.2) is 15.6 Å². The normalized spacial score (nSPS) is 28.3. The summed E-state index contributed by atoms with van der Waals surface area (Å²) in [6.07, 6.45) is 15.0. The van der Waals surface area contributed by atoms with E-state index in [0.717, 1.165) is 11.9 Å². The predicted molar refractivity (Wildman–Crippen MR) is 74.8 cm³/mol. The fourth-order valence-corrected chi connectivity index (χ4v) is 3.25. The largest absolute Gasteiger partial charge is 0.353 e. The lowest BCUT2D eigenvalue weighted by Crippen LogP contribution is -2.20. The quantitative estimate of drug-likeness (QED) is 0.852. The number of aromatic nitrogens is 2. The van der Waals surface area contributed by atoms with Crippen LogP contribution in [0.4, 0.5) is 5.95 Å². The van der Waals surface area contributed by atoms with Gasteiger partial charge in [0.1, 0.15) is 0 Å². The molecule has 2 aliphatic rings. The van der Waals surface area contributed by atoms with Gasteiger partial charge in [0.15, 0.2) is 0 Å². The smallest absolute Gasteiger partial charge is 0.203 e. The summed E-state index contributed by atoms with van der Waals surface area (Å²) in [5.41, 5.74) is 0. The predicted octanol–water partition coefficient (Wildman–Crippen LogP) is 3.99. The molecule has 3 rings (SSSR count). The first-order chi connectivity index (χ1) is 8.86. The Kier molecular flexibility index (Phi) is 3.57.